The van der Waals surface area contributed by atoms with Crippen LogP contribution < -0.4 is 5.48 Å². The van der Waals surface area contributed by atoms with E-state index < -0.39 is 0 Å². The van der Waals surface area contributed by atoms with Crippen LogP contribution in [0.4, 0.5) is 0 Å². The fourth-order valence-electron chi connectivity index (χ4n) is 1.94. The smallest absolute Gasteiger partial charge is 0.131 e. The predicted molar refractivity (Wildman–Crippen MR) is 66.9 cm³/mol. The highest BCUT2D eigenvalue weighted by molar-refractivity contribution is 9.11. The highest BCUT2D eigenvalue weighted by Gasteiger charge is 2.17. The number of fused-ring (bicyclic) bond motifs is 1. The minimum atomic E-state index is -0.0197. The Bertz CT molecular complexity index is 573. The van der Waals surface area contributed by atoms with E-state index in [0.717, 1.165) is 10.2 Å². The lowest BCUT2D eigenvalue weighted by atomic mass is 10.1. The van der Waals surface area contributed by atoms with E-state index in [1.807, 2.05) is 13.1 Å². The van der Waals surface area contributed by atoms with Crippen LogP contribution in [-0.2, 0) is 11.9 Å². The van der Waals surface area contributed by atoms with E-state index in [4.69, 9.17) is 4.84 Å². The lowest BCUT2D eigenvalue weighted by molar-refractivity contribution is 0.0458. The molecular weight excluding hydrogens is 268 g/mol. The summed E-state index contributed by atoms with van der Waals surface area (Å²) in [5.41, 5.74) is 5.16. The van der Waals surface area contributed by atoms with Crippen molar-refractivity contribution in [1.29, 1.82) is 0 Å². The van der Waals surface area contributed by atoms with Crippen molar-refractivity contribution in [3.8, 4) is 0 Å². The first-order valence-corrected chi connectivity index (χ1v) is 5.87. The average molecular weight is 279 g/mol. The first-order chi connectivity index (χ1) is 7.74. The summed E-state index contributed by atoms with van der Waals surface area (Å²) in [6.07, 6.45) is 4.05. The zero-order valence-electron chi connectivity index (χ0n) is 8.77. The summed E-state index contributed by atoms with van der Waals surface area (Å²) in [5, 5.41) is 1.25. The standard InChI is InChI=1S/C12H11BrN2O/c1-15-5-4-8-2-3-9(6-10(8)15)11-7-12(13)14-16-11/h2-7,11,14H,1H3. The number of aryl methyl sites for hydroxylation is 1. The molecule has 0 saturated carbocycles. The van der Waals surface area contributed by atoms with Crippen molar-refractivity contribution in [3.63, 3.8) is 0 Å². The summed E-state index contributed by atoms with van der Waals surface area (Å²) < 4.78 is 2.99. The Hall–Kier alpha value is -1.26. The van der Waals surface area contributed by atoms with Crippen LogP contribution in [0.15, 0.2) is 41.1 Å². The molecule has 3 nitrogen and oxygen atoms in total. The third-order valence-electron chi connectivity index (χ3n) is 2.82. The maximum absolute atomic E-state index is 5.42. The number of nitrogens with zero attached hydrogens (tertiary/aromatic N) is 1. The number of halogens is 1. The molecule has 4 heteroatoms. The molecule has 1 N–H and O–H groups in total. The van der Waals surface area contributed by atoms with E-state index >= 15 is 0 Å². The zero-order valence-corrected chi connectivity index (χ0v) is 10.4. The number of benzene rings is 1. The van der Waals surface area contributed by atoms with Gasteiger partial charge in [-0.25, -0.2) is 0 Å². The van der Waals surface area contributed by atoms with Crippen molar-refractivity contribution in [2.45, 2.75) is 6.10 Å². The lowest BCUT2D eigenvalue weighted by Gasteiger charge is -2.08. The van der Waals surface area contributed by atoms with Crippen LogP contribution in [0, 0.1) is 0 Å². The van der Waals surface area contributed by atoms with Gasteiger partial charge < -0.3 is 4.57 Å². The Morgan fingerprint density at radius 1 is 1.38 bits per heavy atom. The van der Waals surface area contributed by atoms with Gasteiger partial charge in [0.05, 0.1) is 0 Å². The molecule has 0 bridgehead atoms. The molecule has 0 saturated heterocycles. The number of aromatic nitrogens is 1. The van der Waals surface area contributed by atoms with Crippen LogP contribution in [0.3, 0.4) is 0 Å². The molecule has 2 heterocycles. The van der Waals surface area contributed by atoms with Crippen LogP contribution in [0.2, 0.25) is 0 Å². The fourth-order valence-corrected chi connectivity index (χ4v) is 2.27. The van der Waals surface area contributed by atoms with Crippen LogP contribution in [-0.4, -0.2) is 4.57 Å². The largest absolute Gasteiger partial charge is 0.351 e. The summed E-state index contributed by atoms with van der Waals surface area (Å²) >= 11 is 3.35. The molecule has 0 spiro atoms. The highest BCUT2D eigenvalue weighted by Crippen LogP contribution is 2.28. The van der Waals surface area contributed by atoms with Crippen LogP contribution in [0.1, 0.15) is 11.7 Å². The number of nitrogens with one attached hydrogen (secondary N) is 1. The van der Waals surface area contributed by atoms with Crippen molar-refractivity contribution in [3.05, 3.63) is 46.7 Å². The predicted octanol–water partition coefficient (Wildman–Crippen LogP) is 2.99. The average Bonchev–Trinajstić information content (AvgIpc) is 2.86. The van der Waals surface area contributed by atoms with Gasteiger partial charge >= 0.3 is 0 Å². The molecule has 0 amide bonds. The van der Waals surface area contributed by atoms with Crippen molar-refractivity contribution < 1.29 is 4.84 Å². The molecule has 1 aromatic carbocycles. The van der Waals surface area contributed by atoms with Gasteiger partial charge in [0.25, 0.3) is 0 Å². The van der Waals surface area contributed by atoms with E-state index in [2.05, 4.69) is 56.4 Å². The van der Waals surface area contributed by atoms with Crippen molar-refractivity contribution in [2.75, 3.05) is 0 Å². The first kappa shape index (κ1) is 9.93. The molecule has 3 rings (SSSR count). The third kappa shape index (κ3) is 1.54. The molecule has 0 fully saturated rings. The Morgan fingerprint density at radius 2 is 2.25 bits per heavy atom. The van der Waals surface area contributed by atoms with E-state index in [9.17, 15) is 0 Å². The Kier molecular flexibility index (Phi) is 2.26. The summed E-state index contributed by atoms with van der Waals surface area (Å²) in [6, 6.07) is 8.48. The summed E-state index contributed by atoms with van der Waals surface area (Å²) in [5.74, 6) is 0. The number of hydrogen-bond donors (Lipinski definition) is 1. The summed E-state index contributed by atoms with van der Waals surface area (Å²) in [4.78, 5) is 5.42. The molecule has 16 heavy (non-hydrogen) atoms. The second-order valence-corrected chi connectivity index (χ2v) is 4.75. The first-order valence-electron chi connectivity index (χ1n) is 5.08. The van der Waals surface area contributed by atoms with E-state index in [0.29, 0.717) is 0 Å². The van der Waals surface area contributed by atoms with Crippen molar-refractivity contribution >= 4 is 26.8 Å². The molecule has 1 aliphatic rings. The maximum Gasteiger partial charge on any atom is 0.131 e. The summed E-state index contributed by atoms with van der Waals surface area (Å²) in [7, 11) is 2.05. The van der Waals surface area contributed by atoms with Crippen molar-refractivity contribution in [2.24, 2.45) is 7.05 Å². The van der Waals surface area contributed by atoms with E-state index in [1.165, 1.54) is 10.9 Å². The third-order valence-corrected chi connectivity index (χ3v) is 3.25. The molecule has 1 aromatic heterocycles. The van der Waals surface area contributed by atoms with Crippen LogP contribution in [0.25, 0.3) is 10.9 Å². The second kappa shape index (κ2) is 3.64. The van der Waals surface area contributed by atoms with E-state index in [1.54, 1.807) is 0 Å². The molecule has 1 atom stereocenters. The normalized spacial score (nSPS) is 19.9. The Labute approximate surface area is 102 Å². The number of hydrogen-bond acceptors (Lipinski definition) is 2. The topological polar surface area (TPSA) is 26.2 Å². The van der Waals surface area contributed by atoms with Gasteiger partial charge in [0.15, 0.2) is 0 Å². The number of rotatable bonds is 1. The monoisotopic (exact) mass is 278 g/mol. The van der Waals surface area contributed by atoms with Gasteiger partial charge in [-0.3, -0.25) is 10.3 Å². The quantitative estimate of drug-likeness (QED) is 0.812. The molecule has 0 radical (unpaired) electrons. The lowest BCUT2D eigenvalue weighted by Crippen LogP contribution is -2.05. The summed E-state index contributed by atoms with van der Waals surface area (Å²) in [6.45, 7) is 0. The van der Waals surface area contributed by atoms with Gasteiger partial charge in [-0.15, -0.1) is 0 Å². The Morgan fingerprint density at radius 3 is 3.00 bits per heavy atom. The van der Waals surface area contributed by atoms with Gasteiger partial charge in [0.1, 0.15) is 10.7 Å². The van der Waals surface area contributed by atoms with Crippen LogP contribution in [0.5, 0.6) is 0 Å². The molecular formula is C12H11BrN2O. The Balaban J connectivity index is 2.08. The van der Waals surface area contributed by atoms with Gasteiger partial charge in [0.2, 0.25) is 0 Å². The van der Waals surface area contributed by atoms with Gasteiger partial charge in [0, 0.05) is 18.8 Å². The van der Waals surface area contributed by atoms with Gasteiger partial charge in [-0.05, 0) is 45.1 Å². The van der Waals surface area contributed by atoms with E-state index in [-0.39, 0.29) is 6.10 Å². The van der Waals surface area contributed by atoms with Gasteiger partial charge in [-0.1, -0.05) is 12.1 Å². The number of hydroxylamine groups is 1. The highest BCUT2D eigenvalue weighted by atomic mass is 79.9. The maximum atomic E-state index is 5.42. The van der Waals surface area contributed by atoms with Crippen LogP contribution >= 0.6 is 15.9 Å². The molecule has 1 unspecified atom stereocenters. The minimum Gasteiger partial charge on any atom is -0.351 e. The SMILES string of the molecule is Cn1ccc2ccc(C3C=C(Br)NO3)cc21. The minimum absolute atomic E-state index is 0.0197. The molecule has 2 aromatic rings. The zero-order chi connectivity index (χ0) is 11.1. The van der Waals surface area contributed by atoms with Gasteiger partial charge in [-0.2, -0.15) is 0 Å². The fraction of sp³-hybridized carbons (Fsp3) is 0.167. The molecule has 1 aliphatic heterocycles. The van der Waals surface area contributed by atoms with Crippen molar-refractivity contribution in [1.82, 2.24) is 10.0 Å². The molecule has 82 valence electrons. The molecule has 0 aliphatic carbocycles. The second-order valence-electron chi connectivity index (χ2n) is 3.90.